The van der Waals surface area contributed by atoms with E-state index in [1.807, 2.05) is 6.92 Å². The lowest BCUT2D eigenvalue weighted by atomic mass is 10.2. The van der Waals surface area contributed by atoms with E-state index in [1.165, 1.54) is 0 Å². The van der Waals surface area contributed by atoms with Crippen molar-refractivity contribution in [3.63, 3.8) is 0 Å². The van der Waals surface area contributed by atoms with Crippen molar-refractivity contribution >= 4 is 0 Å². The summed E-state index contributed by atoms with van der Waals surface area (Å²) in [5, 5.41) is 0. The van der Waals surface area contributed by atoms with E-state index in [0.717, 1.165) is 6.42 Å². The van der Waals surface area contributed by atoms with Crippen molar-refractivity contribution in [2.45, 2.75) is 38.8 Å². The highest BCUT2D eigenvalue weighted by Crippen LogP contribution is 2.22. The van der Waals surface area contributed by atoms with E-state index in [1.54, 1.807) is 0 Å². The van der Waals surface area contributed by atoms with Crippen LogP contribution < -0.4 is 0 Å². The molecule has 0 amide bonds. The Bertz CT molecular complexity index is 65.2. The average Bonchev–Trinajstić information content (AvgIpc) is 1.63. The first-order valence-corrected chi connectivity index (χ1v) is 3.13. The van der Waals surface area contributed by atoms with Crippen molar-refractivity contribution in [3.8, 4) is 0 Å². The van der Waals surface area contributed by atoms with Gasteiger partial charge in [-0.25, -0.2) is 0 Å². The topological polar surface area (TPSA) is 0 Å². The van der Waals surface area contributed by atoms with Crippen molar-refractivity contribution in [2.75, 3.05) is 0 Å². The summed E-state index contributed by atoms with van der Waals surface area (Å²) < 4.78 is 34.1. The minimum atomic E-state index is -3.95. The Labute approximate surface area is 53.1 Å². The number of alkyl halides is 3. The van der Waals surface area contributed by atoms with Gasteiger partial charge in [-0.3, -0.25) is 0 Å². The minimum Gasteiger partial charge on any atom is -0.171 e. The Morgan fingerprint density at radius 3 is 2.00 bits per heavy atom. The van der Waals surface area contributed by atoms with E-state index in [2.05, 4.69) is 0 Å². The minimum absolute atomic E-state index is 0.278. The van der Waals surface area contributed by atoms with Gasteiger partial charge in [0.15, 0.2) is 0 Å². The summed E-state index contributed by atoms with van der Waals surface area (Å²) in [7, 11) is 0. The van der Waals surface area contributed by atoms with Crippen molar-refractivity contribution in [3.05, 3.63) is 0 Å². The highest BCUT2D eigenvalue weighted by atomic mass is 19.4. The predicted octanol–water partition coefficient (Wildman–Crippen LogP) is 3.13. The van der Waals surface area contributed by atoms with Crippen LogP contribution in [-0.2, 0) is 0 Å². The average molecular weight is 140 g/mol. The van der Waals surface area contributed by atoms with E-state index in [-0.39, 0.29) is 6.42 Å². The zero-order valence-electron chi connectivity index (χ0n) is 5.46. The Morgan fingerprint density at radius 2 is 1.67 bits per heavy atom. The summed E-state index contributed by atoms with van der Waals surface area (Å²) >= 11 is 0. The molecule has 0 aromatic heterocycles. The van der Waals surface area contributed by atoms with Crippen LogP contribution in [0.1, 0.15) is 32.6 Å². The first kappa shape index (κ1) is 8.79. The molecule has 0 fully saturated rings. The standard InChI is InChI=1S/C6H11F3/c1-2-3-4-5-6(7,8)9/h2-5H2,1H3. The molecular formula is C6H11F3. The zero-order chi connectivity index (χ0) is 7.33. The first-order valence-electron chi connectivity index (χ1n) is 3.13. The maximum atomic E-state index is 11.4. The summed E-state index contributed by atoms with van der Waals surface area (Å²) in [6, 6.07) is 0. The van der Waals surface area contributed by atoms with Crippen LogP contribution in [0.15, 0.2) is 0 Å². The van der Waals surface area contributed by atoms with Crippen LogP contribution in [0, 0.1) is 0 Å². The molecule has 9 heavy (non-hydrogen) atoms. The van der Waals surface area contributed by atoms with Crippen LogP contribution in [0.25, 0.3) is 0 Å². The third-order valence-corrected chi connectivity index (χ3v) is 1.06. The van der Waals surface area contributed by atoms with Gasteiger partial charge in [-0.2, -0.15) is 13.2 Å². The summed E-state index contributed by atoms with van der Waals surface area (Å²) in [5.74, 6) is 0. The second-order valence-corrected chi connectivity index (χ2v) is 2.07. The van der Waals surface area contributed by atoms with Crippen molar-refractivity contribution in [2.24, 2.45) is 0 Å². The van der Waals surface area contributed by atoms with Crippen LogP contribution in [0.4, 0.5) is 13.2 Å². The van der Waals surface area contributed by atoms with Gasteiger partial charge in [-0.15, -0.1) is 0 Å². The maximum absolute atomic E-state index is 11.4. The number of hydrogen-bond acceptors (Lipinski definition) is 0. The normalized spacial score (nSPS) is 12.0. The molecule has 0 aliphatic heterocycles. The Hall–Kier alpha value is -0.210. The third-order valence-electron chi connectivity index (χ3n) is 1.06. The molecule has 0 unspecified atom stereocenters. The van der Waals surface area contributed by atoms with E-state index in [0.29, 0.717) is 6.42 Å². The van der Waals surface area contributed by atoms with Gasteiger partial charge in [0.2, 0.25) is 0 Å². The molecule has 0 aliphatic rings. The third kappa shape index (κ3) is 7.79. The molecule has 0 nitrogen and oxygen atoms in total. The highest BCUT2D eigenvalue weighted by Gasteiger charge is 2.25. The summed E-state index contributed by atoms with van der Waals surface area (Å²) in [6.45, 7) is 1.89. The second kappa shape index (κ2) is 3.75. The number of halogens is 3. The number of rotatable bonds is 3. The van der Waals surface area contributed by atoms with Crippen LogP contribution in [-0.4, -0.2) is 6.18 Å². The Balaban J connectivity index is 3.07. The van der Waals surface area contributed by atoms with E-state index in [9.17, 15) is 13.2 Å². The first-order chi connectivity index (χ1) is 4.06. The predicted molar refractivity (Wildman–Crippen MR) is 30.2 cm³/mol. The van der Waals surface area contributed by atoms with Crippen molar-refractivity contribution < 1.29 is 13.2 Å². The quantitative estimate of drug-likeness (QED) is 0.528. The molecule has 0 heterocycles. The molecule has 0 aliphatic carbocycles. The smallest absolute Gasteiger partial charge is 0.171 e. The lowest BCUT2D eigenvalue weighted by Crippen LogP contribution is -2.05. The van der Waals surface area contributed by atoms with Crippen LogP contribution >= 0.6 is 0 Å². The molecule has 0 aromatic carbocycles. The van der Waals surface area contributed by atoms with E-state index >= 15 is 0 Å². The molecule has 0 saturated heterocycles. The van der Waals surface area contributed by atoms with Gasteiger partial charge >= 0.3 is 6.18 Å². The molecule has 0 saturated carbocycles. The largest absolute Gasteiger partial charge is 0.389 e. The molecule has 0 aromatic rings. The maximum Gasteiger partial charge on any atom is 0.389 e. The molecule has 0 rings (SSSR count). The molecule has 0 N–H and O–H groups in total. The van der Waals surface area contributed by atoms with Crippen LogP contribution in [0.3, 0.4) is 0 Å². The van der Waals surface area contributed by atoms with Crippen molar-refractivity contribution in [1.29, 1.82) is 0 Å². The van der Waals surface area contributed by atoms with Crippen molar-refractivity contribution in [1.82, 2.24) is 0 Å². The van der Waals surface area contributed by atoms with Gasteiger partial charge in [0.25, 0.3) is 0 Å². The molecule has 0 atom stereocenters. The molecule has 0 bridgehead atoms. The van der Waals surface area contributed by atoms with Crippen LogP contribution in [0.2, 0.25) is 0 Å². The molecular weight excluding hydrogens is 129 g/mol. The number of unbranched alkanes of at least 4 members (excludes halogenated alkanes) is 2. The molecule has 0 radical (unpaired) electrons. The molecule has 3 heteroatoms. The summed E-state index contributed by atoms with van der Waals surface area (Å²) in [4.78, 5) is 0. The zero-order valence-corrected chi connectivity index (χ0v) is 5.46. The van der Waals surface area contributed by atoms with E-state index < -0.39 is 12.6 Å². The lowest BCUT2D eigenvalue weighted by molar-refractivity contribution is -0.135. The van der Waals surface area contributed by atoms with Gasteiger partial charge in [-0.05, 0) is 6.42 Å². The van der Waals surface area contributed by atoms with Gasteiger partial charge in [0.05, 0.1) is 0 Å². The SMILES string of the molecule is CCCCCC(F)(F)F. The van der Waals surface area contributed by atoms with E-state index in [4.69, 9.17) is 0 Å². The van der Waals surface area contributed by atoms with Gasteiger partial charge in [0.1, 0.15) is 0 Å². The van der Waals surface area contributed by atoms with Gasteiger partial charge in [-0.1, -0.05) is 19.8 Å². The fraction of sp³-hybridized carbons (Fsp3) is 1.00. The summed E-state index contributed by atoms with van der Waals surface area (Å²) in [6.07, 6.45) is -2.77. The summed E-state index contributed by atoms with van der Waals surface area (Å²) in [5.41, 5.74) is 0. The van der Waals surface area contributed by atoms with Gasteiger partial charge in [0, 0.05) is 6.42 Å². The monoisotopic (exact) mass is 140 g/mol. The fourth-order valence-corrected chi connectivity index (χ4v) is 0.575. The fourth-order valence-electron chi connectivity index (χ4n) is 0.575. The Morgan fingerprint density at radius 1 is 1.11 bits per heavy atom. The second-order valence-electron chi connectivity index (χ2n) is 2.07. The highest BCUT2D eigenvalue weighted by molar-refractivity contribution is 4.49. The molecule has 56 valence electrons. The van der Waals surface area contributed by atoms with Gasteiger partial charge < -0.3 is 0 Å². The molecule has 0 spiro atoms. The lowest BCUT2D eigenvalue weighted by Gasteiger charge is -2.03. The Kier molecular flexibility index (Phi) is 3.66. The van der Waals surface area contributed by atoms with Crippen LogP contribution in [0.5, 0.6) is 0 Å². The number of hydrogen-bond donors (Lipinski definition) is 0.